The van der Waals surface area contributed by atoms with E-state index in [0.29, 0.717) is 17.8 Å². The Morgan fingerprint density at radius 2 is 1.78 bits per heavy atom. The number of carbonyl (C=O) groups is 1. The number of hydrogen-bond acceptors (Lipinski definition) is 2. The predicted molar refractivity (Wildman–Crippen MR) is 97.8 cm³/mol. The first-order valence-corrected chi connectivity index (χ1v) is 8.96. The van der Waals surface area contributed by atoms with Crippen LogP contribution in [0.3, 0.4) is 0 Å². The summed E-state index contributed by atoms with van der Waals surface area (Å²) < 4.78 is 5.14. The van der Waals surface area contributed by atoms with Crippen LogP contribution >= 0.6 is 0 Å². The van der Waals surface area contributed by atoms with Crippen molar-refractivity contribution < 1.29 is 9.53 Å². The maximum absolute atomic E-state index is 12.6. The molecule has 1 fully saturated rings. The highest BCUT2D eigenvalue weighted by Crippen LogP contribution is 2.38. The topological polar surface area (TPSA) is 38.3 Å². The van der Waals surface area contributed by atoms with Crippen LogP contribution in [0.4, 0.5) is 5.69 Å². The SMILES string of the molecule is CC.COc1ccc(NC(=O)C2CC(C)CCC2C(C)C)cc1. The Balaban J connectivity index is 0.00000127. The highest BCUT2D eigenvalue weighted by molar-refractivity contribution is 5.92. The van der Waals surface area contributed by atoms with Gasteiger partial charge in [0.1, 0.15) is 5.75 Å². The molecular formula is C20H33NO2. The number of carbonyl (C=O) groups excluding carboxylic acids is 1. The van der Waals surface area contributed by atoms with E-state index in [1.54, 1.807) is 7.11 Å². The molecule has 0 heterocycles. The Kier molecular flexibility index (Phi) is 8.15. The van der Waals surface area contributed by atoms with Gasteiger partial charge in [0.15, 0.2) is 0 Å². The number of ether oxygens (including phenoxy) is 1. The third-order valence-corrected chi connectivity index (χ3v) is 4.72. The van der Waals surface area contributed by atoms with E-state index < -0.39 is 0 Å². The lowest BCUT2D eigenvalue weighted by Gasteiger charge is -2.36. The molecule has 3 unspecified atom stereocenters. The summed E-state index contributed by atoms with van der Waals surface area (Å²) in [6.45, 7) is 10.7. The molecule has 0 saturated heterocycles. The zero-order valence-corrected chi connectivity index (χ0v) is 15.6. The van der Waals surface area contributed by atoms with E-state index in [2.05, 4.69) is 26.1 Å². The molecule has 23 heavy (non-hydrogen) atoms. The Bertz CT molecular complexity index is 467. The number of anilines is 1. The van der Waals surface area contributed by atoms with Gasteiger partial charge in [-0.15, -0.1) is 0 Å². The maximum Gasteiger partial charge on any atom is 0.227 e. The van der Waals surface area contributed by atoms with Crippen molar-refractivity contribution in [1.82, 2.24) is 0 Å². The number of rotatable bonds is 4. The van der Waals surface area contributed by atoms with Crippen LogP contribution in [0, 0.1) is 23.7 Å². The summed E-state index contributed by atoms with van der Waals surface area (Å²) in [6, 6.07) is 7.54. The minimum Gasteiger partial charge on any atom is -0.497 e. The van der Waals surface area contributed by atoms with Crippen LogP contribution in [0.1, 0.15) is 53.9 Å². The van der Waals surface area contributed by atoms with Gasteiger partial charge >= 0.3 is 0 Å². The molecule has 3 heteroatoms. The van der Waals surface area contributed by atoms with Crippen LogP contribution in [0.2, 0.25) is 0 Å². The van der Waals surface area contributed by atoms with E-state index in [1.165, 1.54) is 12.8 Å². The molecule has 1 aromatic rings. The van der Waals surface area contributed by atoms with Crippen molar-refractivity contribution in [3.8, 4) is 5.75 Å². The molecule has 0 radical (unpaired) electrons. The van der Waals surface area contributed by atoms with E-state index in [-0.39, 0.29) is 11.8 Å². The highest BCUT2D eigenvalue weighted by Gasteiger charge is 2.35. The van der Waals surface area contributed by atoms with Crippen molar-refractivity contribution in [3.05, 3.63) is 24.3 Å². The third kappa shape index (κ3) is 5.56. The normalized spacial score (nSPS) is 23.7. The molecule has 0 spiro atoms. The summed E-state index contributed by atoms with van der Waals surface area (Å²) in [6.07, 6.45) is 3.42. The molecule has 130 valence electrons. The van der Waals surface area contributed by atoms with Crippen LogP contribution in [0.25, 0.3) is 0 Å². The summed E-state index contributed by atoms with van der Waals surface area (Å²) in [5.74, 6) is 2.82. The summed E-state index contributed by atoms with van der Waals surface area (Å²) in [7, 11) is 1.64. The molecule has 1 N–H and O–H groups in total. The van der Waals surface area contributed by atoms with Gasteiger partial charge in [0.2, 0.25) is 5.91 Å². The summed E-state index contributed by atoms with van der Waals surface area (Å²) in [4.78, 5) is 12.6. The number of benzene rings is 1. The first kappa shape index (κ1) is 19.5. The van der Waals surface area contributed by atoms with E-state index >= 15 is 0 Å². The van der Waals surface area contributed by atoms with Crippen molar-refractivity contribution >= 4 is 11.6 Å². The second kappa shape index (κ2) is 9.59. The zero-order valence-electron chi connectivity index (χ0n) is 15.6. The zero-order chi connectivity index (χ0) is 17.4. The number of nitrogens with one attached hydrogen (secondary N) is 1. The highest BCUT2D eigenvalue weighted by atomic mass is 16.5. The summed E-state index contributed by atoms with van der Waals surface area (Å²) in [5, 5.41) is 3.07. The fourth-order valence-corrected chi connectivity index (χ4v) is 3.41. The lowest BCUT2D eigenvalue weighted by molar-refractivity contribution is -0.123. The molecule has 1 saturated carbocycles. The monoisotopic (exact) mass is 319 g/mol. The van der Waals surface area contributed by atoms with Gasteiger partial charge < -0.3 is 10.1 Å². The molecule has 1 aromatic carbocycles. The molecule has 1 aliphatic carbocycles. The average molecular weight is 319 g/mol. The average Bonchev–Trinajstić information content (AvgIpc) is 2.57. The predicted octanol–water partition coefficient (Wildman–Crippen LogP) is 5.37. The van der Waals surface area contributed by atoms with E-state index in [1.807, 2.05) is 38.1 Å². The van der Waals surface area contributed by atoms with Crippen LogP contribution in [-0.4, -0.2) is 13.0 Å². The number of amides is 1. The van der Waals surface area contributed by atoms with Gasteiger partial charge in [0.25, 0.3) is 0 Å². The second-order valence-electron chi connectivity index (χ2n) is 6.65. The number of hydrogen-bond donors (Lipinski definition) is 1. The smallest absolute Gasteiger partial charge is 0.227 e. The Morgan fingerprint density at radius 3 is 2.30 bits per heavy atom. The van der Waals surface area contributed by atoms with Gasteiger partial charge in [-0.05, 0) is 54.9 Å². The molecule has 2 rings (SSSR count). The fraction of sp³-hybridized carbons (Fsp3) is 0.650. The van der Waals surface area contributed by atoms with E-state index in [0.717, 1.165) is 17.9 Å². The van der Waals surface area contributed by atoms with E-state index in [4.69, 9.17) is 4.74 Å². The van der Waals surface area contributed by atoms with Crippen molar-refractivity contribution in [2.45, 2.75) is 53.9 Å². The summed E-state index contributed by atoms with van der Waals surface area (Å²) >= 11 is 0. The van der Waals surface area contributed by atoms with Crippen molar-refractivity contribution in [1.29, 1.82) is 0 Å². The lowest BCUT2D eigenvalue weighted by Crippen LogP contribution is -2.36. The standard InChI is InChI=1S/C18H27NO2.C2H6/c1-12(2)16-10-5-13(3)11-17(16)18(20)19-14-6-8-15(21-4)9-7-14;1-2/h6-9,12-13,16-17H,5,10-11H2,1-4H3,(H,19,20);1-2H3. The second-order valence-corrected chi connectivity index (χ2v) is 6.65. The van der Waals surface area contributed by atoms with Crippen LogP contribution in [0.15, 0.2) is 24.3 Å². The first-order valence-electron chi connectivity index (χ1n) is 8.96. The molecule has 1 aliphatic rings. The van der Waals surface area contributed by atoms with E-state index in [9.17, 15) is 4.79 Å². The third-order valence-electron chi connectivity index (χ3n) is 4.72. The fourth-order valence-electron chi connectivity index (χ4n) is 3.41. The lowest BCUT2D eigenvalue weighted by atomic mass is 9.70. The Morgan fingerprint density at radius 1 is 1.17 bits per heavy atom. The quantitative estimate of drug-likeness (QED) is 0.810. The Hall–Kier alpha value is -1.51. The maximum atomic E-state index is 12.6. The van der Waals surface area contributed by atoms with Crippen LogP contribution in [-0.2, 0) is 4.79 Å². The van der Waals surface area contributed by atoms with Crippen LogP contribution < -0.4 is 10.1 Å². The van der Waals surface area contributed by atoms with Crippen molar-refractivity contribution in [2.24, 2.45) is 23.7 Å². The molecular weight excluding hydrogens is 286 g/mol. The number of methoxy groups -OCH3 is 1. The first-order chi connectivity index (χ1) is 11.0. The van der Waals surface area contributed by atoms with Gasteiger partial charge in [-0.25, -0.2) is 0 Å². The van der Waals surface area contributed by atoms with Gasteiger partial charge in [-0.3, -0.25) is 4.79 Å². The molecule has 3 nitrogen and oxygen atoms in total. The molecule has 0 aromatic heterocycles. The molecule has 0 aliphatic heterocycles. The summed E-state index contributed by atoms with van der Waals surface area (Å²) in [5.41, 5.74) is 0.849. The van der Waals surface area contributed by atoms with Gasteiger partial charge in [0, 0.05) is 11.6 Å². The minimum absolute atomic E-state index is 0.135. The van der Waals surface area contributed by atoms with Gasteiger partial charge in [-0.1, -0.05) is 41.0 Å². The van der Waals surface area contributed by atoms with Crippen molar-refractivity contribution in [3.63, 3.8) is 0 Å². The Labute approximate surface area is 141 Å². The van der Waals surface area contributed by atoms with Crippen LogP contribution in [0.5, 0.6) is 5.75 Å². The molecule has 0 bridgehead atoms. The largest absolute Gasteiger partial charge is 0.497 e. The van der Waals surface area contributed by atoms with Gasteiger partial charge in [0.05, 0.1) is 7.11 Å². The molecule has 3 atom stereocenters. The van der Waals surface area contributed by atoms with Crippen molar-refractivity contribution in [2.75, 3.05) is 12.4 Å². The van der Waals surface area contributed by atoms with Gasteiger partial charge in [-0.2, -0.15) is 0 Å². The molecule has 1 amide bonds. The minimum atomic E-state index is 0.135.